The largest absolute Gasteiger partial charge is 0.474 e. The van der Waals surface area contributed by atoms with Gasteiger partial charge in [0.1, 0.15) is 12.3 Å². The van der Waals surface area contributed by atoms with Crippen molar-refractivity contribution in [3.05, 3.63) is 47.7 Å². The van der Waals surface area contributed by atoms with Crippen molar-refractivity contribution in [2.24, 2.45) is 5.73 Å². The summed E-state index contributed by atoms with van der Waals surface area (Å²) >= 11 is 0. The van der Waals surface area contributed by atoms with Gasteiger partial charge >= 0.3 is 6.18 Å². The summed E-state index contributed by atoms with van der Waals surface area (Å²) in [5.41, 5.74) is 4.33. The minimum absolute atomic E-state index is 0.00237. The van der Waals surface area contributed by atoms with Crippen molar-refractivity contribution >= 4 is 21.6 Å². The number of alkyl halides is 3. The zero-order valence-electron chi connectivity index (χ0n) is 16.7. The zero-order chi connectivity index (χ0) is 23.0. The predicted octanol–water partition coefficient (Wildman–Crippen LogP) is 2.16. The van der Waals surface area contributed by atoms with Crippen LogP contribution in [0.3, 0.4) is 0 Å². The maximum atomic E-state index is 13.1. The Bertz CT molecular complexity index is 1080. The summed E-state index contributed by atoms with van der Waals surface area (Å²) in [6.07, 6.45) is -3.34. The van der Waals surface area contributed by atoms with Crippen molar-refractivity contribution in [2.45, 2.75) is 30.5 Å². The van der Waals surface area contributed by atoms with Crippen molar-refractivity contribution < 1.29 is 31.1 Å². The molecule has 12 heteroatoms. The number of nitrogens with zero attached hydrogens (tertiary/aromatic N) is 2. The molecule has 0 unspecified atom stereocenters. The average molecular weight is 458 g/mol. The number of halogens is 3. The van der Waals surface area contributed by atoms with Gasteiger partial charge in [-0.25, -0.2) is 13.4 Å². The Labute approximate surface area is 177 Å². The molecule has 3 rings (SSSR count). The van der Waals surface area contributed by atoms with Crippen LogP contribution in [0, 0.1) is 0 Å². The molecule has 1 aliphatic heterocycles. The molecule has 0 radical (unpaired) electrons. The van der Waals surface area contributed by atoms with Gasteiger partial charge in [-0.2, -0.15) is 13.2 Å². The van der Waals surface area contributed by atoms with Crippen LogP contribution in [-0.4, -0.2) is 44.5 Å². The summed E-state index contributed by atoms with van der Waals surface area (Å²) in [7, 11) is -4.22. The average Bonchev–Trinajstić information content (AvgIpc) is 2.70. The number of rotatable bonds is 5. The molecule has 0 saturated heterocycles. The summed E-state index contributed by atoms with van der Waals surface area (Å²) in [5.74, 6) is -0.510. The predicted molar refractivity (Wildman–Crippen MR) is 106 cm³/mol. The number of carbonyl (C=O) groups is 1. The molecule has 3 N–H and O–H groups in total. The molecule has 0 spiro atoms. The van der Waals surface area contributed by atoms with Crippen molar-refractivity contribution in [2.75, 3.05) is 24.0 Å². The lowest BCUT2D eigenvalue weighted by atomic mass is 10.1. The van der Waals surface area contributed by atoms with Crippen LogP contribution in [-0.2, 0) is 16.2 Å². The van der Waals surface area contributed by atoms with Crippen LogP contribution in [0.4, 0.5) is 18.9 Å². The van der Waals surface area contributed by atoms with E-state index in [2.05, 4.69) is 10.3 Å². The highest BCUT2D eigenvalue weighted by atomic mass is 32.2. The van der Waals surface area contributed by atoms with E-state index in [9.17, 15) is 26.4 Å². The highest BCUT2D eigenvalue weighted by Crippen LogP contribution is 2.35. The van der Waals surface area contributed by atoms with E-state index in [-0.39, 0.29) is 41.7 Å². The van der Waals surface area contributed by atoms with Crippen LogP contribution in [0.2, 0.25) is 0 Å². The maximum absolute atomic E-state index is 13.1. The fourth-order valence-electron chi connectivity index (χ4n) is 2.80. The highest BCUT2D eigenvalue weighted by molar-refractivity contribution is 7.92. The fourth-order valence-corrected chi connectivity index (χ4v) is 4.24. The highest BCUT2D eigenvalue weighted by Gasteiger charge is 2.34. The molecule has 0 aliphatic carbocycles. The summed E-state index contributed by atoms with van der Waals surface area (Å²) in [4.78, 5) is 16.1. The number of amides is 1. The van der Waals surface area contributed by atoms with Crippen LogP contribution >= 0.6 is 0 Å². The third kappa shape index (κ3) is 5.07. The molecule has 0 fully saturated rings. The molecule has 2 heterocycles. The number of carbonyl (C=O) groups excluding carboxylic acids is 1. The number of sulfonamides is 1. The van der Waals surface area contributed by atoms with Gasteiger partial charge in [0, 0.05) is 18.3 Å². The van der Waals surface area contributed by atoms with E-state index < -0.39 is 33.2 Å². The van der Waals surface area contributed by atoms with Crippen molar-refractivity contribution in [3.63, 3.8) is 0 Å². The van der Waals surface area contributed by atoms with Gasteiger partial charge in [-0.3, -0.25) is 9.10 Å². The Kier molecular flexibility index (Phi) is 5.89. The monoisotopic (exact) mass is 458 g/mol. The van der Waals surface area contributed by atoms with Crippen molar-refractivity contribution in [1.29, 1.82) is 0 Å². The lowest BCUT2D eigenvalue weighted by molar-refractivity contribution is -0.137. The standard InChI is InChI=1S/C19H21F3N4O4S/c1-18(2,23)11-25-16(27)12-9-15-17(24-10-12)30-8-7-26(15)31(28,29)14-5-3-13(4-6-14)19(20,21)22/h3-6,9-10H,7-8,11,23H2,1-2H3,(H,25,27). The van der Waals surface area contributed by atoms with Gasteiger partial charge in [-0.15, -0.1) is 0 Å². The van der Waals surface area contributed by atoms with Crippen LogP contribution < -0.4 is 20.1 Å². The topological polar surface area (TPSA) is 115 Å². The number of ether oxygens (including phenoxy) is 1. The number of benzene rings is 1. The van der Waals surface area contributed by atoms with Crippen LogP contribution in [0.5, 0.6) is 5.88 Å². The van der Waals surface area contributed by atoms with Crippen LogP contribution in [0.25, 0.3) is 0 Å². The first-order valence-corrected chi connectivity index (χ1v) is 10.6. The molecular formula is C19H21F3N4O4S. The number of nitrogens with two attached hydrogens (primary N) is 1. The normalized spacial score (nSPS) is 14.6. The van der Waals surface area contributed by atoms with Gasteiger partial charge < -0.3 is 15.8 Å². The summed E-state index contributed by atoms with van der Waals surface area (Å²) in [6, 6.07) is 4.49. The lowest BCUT2D eigenvalue weighted by Gasteiger charge is -2.30. The number of hydrogen-bond donors (Lipinski definition) is 2. The van der Waals surface area contributed by atoms with Gasteiger partial charge in [-0.05, 0) is 44.2 Å². The first-order chi connectivity index (χ1) is 14.3. The number of anilines is 1. The maximum Gasteiger partial charge on any atom is 0.416 e. The fraction of sp³-hybridized carbons (Fsp3) is 0.368. The number of aromatic nitrogens is 1. The minimum atomic E-state index is -4.59. The van der Waals surface area contributed by atoms with Gasteiger partial charge in [0.2, 0.25) is 5.88 Å². The number of nitrogens with one attached hydrogen (secondary N) is 1. The Morgan fingerprint density at radius 1 is 1.26 bits per heavy atom. The second-order valence-electron chi connectivity index (χ2n) is 7.67. The first kappa shape index (κ1) is 22.8. The van der Waals surface area contributed by atoms with Gasteiger partial charge in [-0.1, -0.05) is 0 Å². The smallest absolute Gasteiger partial charge is 0.416 e. The molecular weight excluding hydrogens is 437 g/mol. The van der Waals surface area contributed by atoms with E-state index in [0.29, 0.717) is 12.1 Å². The third-order valence-corrected chi connectivity index (χ3v) is 6.20. The molecule has 0 atom stereocenters. The molecule has 0 bridgehead atoms. The quantitative estimate of drug-likeness (QED) is 0.710. The van der Waals surface area contributed by atoms with E-state index in [0.717, 1.165) is 16.4 Å². The number of fused-ring (bicyclic) bond motifs is 1. The van der Waals surface area contributed by atoms with Gasteiger partial charge in [0.05, 0.1) is 22.6 Å². The molecule has 1 aliphatic rings. The Morgan fingerprint density at radius 3 is 2.48 bits per heavy atom. The van der Waals surface area contributed by atoms with E-state index in [1.165, 1.54) is 12.3 Å². The van der Waals surface area contributed by atoms with Crippen LogP contribution in [0.1, 0.15) is 29.8 Å². The number of hydrogen-bond acceptors (Lipinski definition) is 6. The van der Waals surface area contributed by atoms with Crippen molar-refractivity contribution in [1.82, 2.24) is 10.3 Å². The van der Waals surface area contributed by atoms with E-state index >= 15 is 0 Å². The van der Waals surface area contributed by atoms with E-state index in [4.69, 9.17) is 10.5 Å². The minimum Gasteiger partial charge on any atom is -0.474 e. The Hall–Kier alpha value is -2.86. The molecule has 168 valence electrons. The molecule has 31 heavy (non-hydrogen) atoms. The Balaban J connectivity index is 1.93. The number of pyridine rings is 1. The molecule has 0 saturated carbocycles. The SMILES string of the molecule is CC(C)(N)CNC(=O)c1cnc2c(c1)N(S(=O)(=O)c1ccc(C(F)(F)F)cc1)CCO2. The second kappa shape index (κ2) is 8.00. The first-order valence-electron chi connectivity index (χ1n) is 9.19. The molecule has 2 aromatic rings. The molecule has 8 nitrogen and oxygen atoms in total. The second-order valence-corrected chi connectivity index (χ2v) is 9.53. The van der Waals surface area contributed by atoms with E-state index in [1.807, 2.05) is 0 Å². The summed E-state index contributed by atoms with van der Waals surface area (Å²) in [5, 5.41) is 2.63. The summed E-state index contributed by atoms with van der Waals surface area (Å²) < 4.78 is 70.9. The van der Waals surface area contributed by atoms with Gasteiger partial charge in [0.15, 0.2) is 0 Å². The third-order valence-electron chi connectivity index (χ3n) is 4.37. The summed E-state index contributed by atoms with van der Waals surface area (Å²) in [6.45, 7) is 3.52. The molecule has 1 aromatic heterocycles. The molecule has 1 amide bonds. The van der Waals surface area contributed by atoms with Crippen molar-refractivity contribution in [3.8, 4) is 5.88 Å². The van der Waals surface area contributed by atoms with Crippen LogP contribution in [0.15, 0.2) is 41.4 Å². The van der Waals surface area contributed by atoms with E-state index in [1.54, 1.807) is 13.8 Å². The molecule has 1 aromatic carbocycles. The Morgan fingerprint density at radius 2 is 1.90 bits per heavy atom. The van der Waals surface area contributed by atoms with Gasteiger partial charge in [0.25, 0.3) is 15.9 Å². The zero-order valence-corrected chi connectivity index (χ0v) is 17.5. The lowest BCUT2D eigenvalue weighted by Crippen LogP contribution is -2.45.